The Morgan fingerprint density at radius 1 is 0.481 bits per heavy atom. The molecule has 0 atom stereocenters. The van der Waals surface area contributed by atoms with Crippen molar-refractivity contribution in [2.75, 3.05) is 0 Å². The predicted molar refractivity (Wildman–Crippen MR) is 119 cm³/mol. The van der Waals surface area contributed by atoms with E-state index in [1.54, 1.807) is 0 Å². The minimum Gasteiger partial charge on any atom is -0.359 e. The highest BCUT2D eigenvalue weighted by Gasteiger charge is 2.36. The van der Waals surface area contributed by atoms with E-state index in [9.17, 15) is 0 Å². The van der Waals surface area contributed by atoms with Crippen LogP contribution < -0.4 is 10.4 Å². The third-order valence-electron chi connectivity index (χ3n) is 5.70. The van der Waals surface area contributed by atoms with Crippen molar-refractivity contribution in [1.82, 2.24) is 4.23 Å². The first-order valence-corrected chi connectivity index (χ1v) is 11.8. The highest BCUT2D eigenvalue weighted by molar-refractivity contribution is 7.01. The van der Waals surface area contributed by atoms with E-state index in [0.29, 0.717) is 0 Å². The van der Waals surface area contributed by atoms with Crippen molar-refractivity contribution in [3.63, 3.8) is 0 Å². The Bertz CT molecular complexity index is 1130. The van der Waals surface area contributed by atoms with Gasteiger partial charge in [0.15, 0.2) is 0 Å². The van der Waals surface area contributed by atoms with Gasteiger partial charge in [-0.3, -0.25) is 0 Å². The van der Waals surface area contributed by atoms with Gasteiger partial charge in [0.25, 0.3) is 0 Å². The summed E-state index contributed by atoms with van der Waals surface area (Å²) in [5.74, 6) is 0. The summed E-state index contributed by atoms with van der Waals surface area (Å²) in [6.07, 6.45) is 0. The Morgan fingerprint density at radius 3 is 1.30 bits per heavy atom. The Hall–Kier alpha value is -3.10. The molecule has 0 amide bonds. The van der Waals surface area contributed by atoms with Crippen LogP contribution in [-0.2, 0) is 0 Å². The summed E-state index contributed by atoms with van der Waals surface area (Å²) in [4.78, 5) is 0. The summed E-state index contributed by atoms with van der Waals surface area (Å²) in [6.45, 7) is 2.47. The van der Waals surface area contributed by atoms with Crippen LogP contribution in [0.3, 0.4) is 0 Å². The number of benzene rings is 4. The second-order valence-corrected chi connectivity index (χ2v) is 10.9. The average Bonchev–Trinajstić information content (AvgIpc) is 3.09. The molecule has 0 saturated heterocycles. The highest BCUT2D eigenvalue weighted by Crippen LogP contribution is 2.31. The smallest absolute Gasteiger partial charge is 0.222 e. The quantitative estimate of drug-likeness (QED) is 0.396. The third-order valence-corrected chi connectivity index (χ3v) is 9.99. The summed E-state index contributed by atoms with van der Waals surface area (Å²) < 4.78 is 2.64. The fourth-order valence-corrected chi connectivity index (χ4v) is 8.24. The third kappa shape index (κ3) is 2.37. The minimum absolute atomic E-state index is 1.32. The maximum atomic E-state index is 2.64. The molecule has 0 N–H and O–H groups in total. The van der Waals surface area contributed by atoms with Gasteiger partial charge in [0.2, 0.25) is 8.24 Å². The van der Waals surface area contributed by atoms with Gasteiger partial charge in [-0.2, -0.15) is 0 Å². The first-order valence-electron chi connectivity index (χ1n) is 9.40. The van der Waals surface area contributed by atoms with Crippen LogP contribution in [0.4, 0.5) is 0 Å². The highest BCUT2D eigenvalue weighted by atomic mass is 28.3. The molecule has 0 unspecified atom stereocenters. The SMILES string of the molecule is C[Si](c1ccccc1)(c1ccccc1)n1c2ccccc2c2ccccc21. The Morgan fingerprint density at radius 2 is 0.852 bits per heavy atom. The van der Waals surface area contributed by atoms with Gasteiger partial charge in [-0.25, -0.2) is 0 Å². The molecule has 27 heavy (non-hydrogen) atoms. The zero-order valence-corrected chi connectivity index (χ0v) is 16.3. The zero-order chi connectivity index (χ0) is 18.3. The van der Waals surface area contributed by atoms with Crippen LogP contribution in [-0.4, -0.2) is 12.5 Å². The second-order valence-electron chi connectivity index (χ2n) is 7.17. The number of rotatable bonds is 3. The zero-order valence-electron chi connectivity index (χ0n) is 15.3. The molecule has 0 bridgehead atoms. The lowest BCUT2D eigenvalue weighted by Crippen LogP contribution is -2.61. The Labute approximate surface area is 160 Å². The molecular formula is C25H21NSi. The Kier molecular flexibility index (Phi) is 3.73. The van der Waals surface area contributed by atoms with E-state index >= 15 is 0 Å². The molecular weight excluding hydrogens is 342 g/mol. The number of para-hydroxylation sites is 2. The largest absolute Gasteiger partial charge is 0.359 e. The number of hydrogen-bond donors (Lipinski definition) is 0. The lowest BCUT2D eigenvalue weighted by Gasteiger charge is -2.32. The van der Waals surface area contributed by atoms with Crippen LogP contribution in [0.1, 0.15) is 0 Å². The maximum absolute atomic E-state index is 2.64. The second kappa shape index (κ2) is 6.25. The number of nitrogens with zero attached hydrogens (tertiary/aromatic N) is 1. The Balaban J connectivity index is 1.97. The van der Waals surface area contributed by atoms with E-state index < -0.39 is 8.24 Å². The normalized spacial score (nSPS) is 11.9. The molecule has 0 fully saturated rings. The molecule has 1 aromatic heterocycles. The van der Waals surface area contributed by atoms with Crippen molar-refractivity contribution >= 4 is 40.4 Å². The summed E-state index contributed by atoms with van der Waals surface area (Å²) in [5, 5.41) is 5.50. The summed E-state index contributed by atoms with van der Waals surface area (Å²) in [5.41, 5.74) is 2.64. The van der Waals surface area contributed by atoms with Crippen molar-refractivity contribution < 1.29 is 0 Å². The number of fused-ring (bicyclic) bond motifs is 3. The molecule has 0 aliphatic heterocycles. The van der Waals surface area contributed by atoms with Gasteiger partial charge >= 0.3 is 0 Å². The number of hydrogen-bond acceptors (Lipinski definition) is 0. The standard InChI is InChI=1S/C25H21NSi/c1-27(20-12-4-2-5-13-20,21-14-6-3-7-15-21)26-24-18-10-8-16-22(24)23-17-9-11-19-25(23)26/h2-19H,1H3. The van der Waals surface area contributed by atoms with Crippen LogP contribution in [0, 0.1) is 0 Å². The molecule has 130 valence electrons. The van der Waals surface area contributed by atoms with Crippen LogP contribution in [0.5, 0.6) is 0 Å². The molecule has 1 heterocycles. The molecule has 1 nitrogen and oxygen atoms in total. The van der Waals surface area contributed by atoms with E-state index in [-0.39, 0.29) is 0 Å². The summed E-state index contributed by atoms with van der Waals surface area (Å²) in [6, 6.07) is 39.7. The first kappa shape index (κ1) is 16.1. The fraction of sp³-hybridized carbons (Fsp3) is 0.0400. The molecule has 5 rings (SSSR count). The topological polar surface area (TPSA) is 4.93 Å². The van der Waals surface area contributed by atoms with Gasteiger partial charge in [0.05, 0.1) is 0 Å². The van der Waals surface area contributed by atoms with Gasteiger partial charge < -0.3 is 4.23 Å². The average molecular weight is 364 g/mol. The first-order chi connectivity index (χ1) is 13.3. The summed E-state index contributed by atoms with van der Waals surface area (Å²) in [7, 11) is -2.24. The minimum atomic E-state index is -2.24. The van der Waals surface area contributed by atoms with Gasteiger partial charge in [-0.15, -0.1) is 0 Å². The van der Waals surface area contributed by atoms with Gasteiger partial charge in [0.1, 0.15) is 0 Å². The van der Waals surface area contributed by atoms with E-state index in [2.05, 4.69) is 120 Å². The molecule has 0 spiro atoms. The molecule has 2 heteroatoms. The van der Waals surface area contributed by atoms with E-state index in [1.165, 1.54) is 32.2 Å². The fourth-order valence-electron chi connectivity index (χ4n) is 4.35. The van der Waals surface area contributed by atoms with Crippen molar-refractivity contribution in [3.8, 4) is 0 Å². The molecule has 5 aromatic rings. The molecule has 0 radical (unpaired) electrons. The van der Waals surface area contributed by atoms with Crippen molar-refractivity contribution in [2.45, 2.75) is 6.55 Å². The van der Waals surface area contributed by atoms with Crippen LogP contribution in [0.15, 0.2) is 109 Å². The van der Waals surface area contributed by atoms with Gasteiger partial charge in [0, 0.05) is 21.8 Å². The summed E-state index contributed by atoms with van der Waals surface area (Å²) >= 11 is 0. The van der Waals surface area contributed by atoms with E-state index in [1.807, 2.05) is 0 Å². The van der Waals surface area contributed by atoms with Crippen molar-refractivity contribution in [1.29, 1.82) is 0 Å². The lowest BCUT2D eigenvalue weighted by atomic mass is 10.2. The monoisotopic (exact) mass is 363 g/mol. The van der Waals surface area contributed by atoms with Crippen LogP contribution in [0.25, 0.3) is 21.8 Å². The van der Waals surface area contributed by atoms with Crippen molar-refractivity contribution in [3.05, 3.63) is 109 Å². The maximum Gasteiger partial charge on any atom is 0.222 e. The van der Waals surface area contributed by atoms with Crippen LogP contribution >= 0.6 is 0 Å². The van der Waals surface area contributed by atoms with E-state index in [0.717, 1.165) is 0 Å². The number of aromatic nitrogens is 1. The molecule has 4 aromatic carbocycles. The molecule has 0 aliphatic rings. The van der Waals surface area contributed by atoms with Crippen LogP contribution in [0.2, 0.25) is 6.55 Å². The van der Waals surface area contributed by atoms with Gasteiger partial charge in [-0.05, 0) is 29.1 Å². The lowest BCUT2D eigenvalue weighted by molar-refractivity contribution is 1.29. The molecule has 0 aliphatic carbocycles. The van der Waals surface area contributed by atoms with Crippen molar-refractivity contribution in [2.24, 2.45) is 0 Å². The predicted octanol–water partition coefficient (Wildman–Crippen LogP) is 5.03. The molecule has 0 saturated carbocycles. The van der Waals surface area contributed by atoms with Gasteiger partial charge in [-0.1, -0.05) is 97.1 Å². The van der Waals surface area contributed by atoms with E-state index in [4.69, 9.17) is 0 Å².